The van der Waals surface area contributed by atoms with Crippen LogP contribution in [0.2, 0.25) is 0 Å². The van der Waals surface area contributed by atoms with Crippen LogP contribution in [-0.2, 0) is 0 Å². The molecule has 0 aromatic carbocycles. The van der Waals surface area contributed by atoms with Crippen LogP contribution in [0.1, 0.15) is 50.0 Å². The van der Waals surface area contributed by atoms with Crippen LogP contribution in [0.15, 0.2) is 0 Å². The van der Waals surface area contributed by atoms with Gasteiger partial charge in [0, 0.05) is 12.0 Å². The Morgan fingerprint density at radius 2 is 1.94 bits per heavy atom. The van der Waals surface area contributed by atoms with Gasteiger partial charge in [0.05, 0.1) is 0 Å². The second-order valence-corrected chi connectivity index (χ2v) is 5.89. The first-order valence-corrected chi connectivity index (χ1v) is 6.91. The molecule has 0 amide bonds. The molecule has 0 spiro atoms. The number of aryl methyl sites for hydroxylation is 1. The fourth-order valence-electron chi connectivity index (χ4n) is 2.02. The summed E-state index contributed by atoms with van der Waals surface area (Å²) in [5.41, 5.74) is 0. The van der Waals surface area contributed by atoms with Gasteiger partial charge in [-0.3, -0.25) is 0 Å². The molecule has 16 heavy (non-hydrogen) atoms. The Labute approximate surface area is 103 Å². The smallest absolute Gasteiger partial charge is 0.122 e. The van der Waals surface area contributed by atoms with Crippen molar-refractivity contribution in [2.75, 3.05) is 6.54 Å². The van der Waals surface area contributed by atoms with Gasteiger partial charge in [-0.1, -0.05) is 20.8 Å². The molecule has 1 aromatic rings. The molecule has 0 aliphatic carbocycles. The summed E-state index contributed by atoms with van der Waals surface area (Å²) < 4.78 is 0. The van der Waals surface area contributed by atoms with Gasteiger partial charge in [-0.15, -0.1) is 21.5 Å². The van der Waals surface area contributed by atoms with Crippen LogP contribution in [0.5, 0.6) is 0 Å². The highest BCUT2D eigenvalue weighted by Gasteiger charge is 2.25. The van der Waals surface area contributed by atoms with E-state index in [1.165, 1.54) is 11.4 Å². The average molecular weight is 241 g/mol. The van der Waals surface area contributed by atoms with Crippen molar-refractivity contribution in [2.45, 2.75) is 53.0 Å². The van der Waals surface area contributed by atoms with E-state index in [9.17, 15) is 0 Å². The van der Waals surface area contributed by atoms with Gasteiger partial charge in [0.25, 0.3) is 0 Å². The lowest BCUT2D eigenvalue weighted by molar-refractivity contribution is 0.375. The van der Waals surface area contributed by atoms with Crippen molar-refractivity contribution in [1.29, 1.82) is 0 Å². The fourth-order valence-corrected chi connectivity index (χ4v) is 3.10. The Hall–Kier alpha value is -0.480. The molecule has 2 unspecified atom stereocenters. The molecule has 1 rings (SSSR count). The van der Waals surface area contributed by atoms with Crippen molar-refractivity contribution in [1.82, 2.24) is 15.5 Å². The van der Waals surface area contributed by atoms with E-state index in [1.807, 2.05) is 6.92 Å². The van der Waals surface area contributed by atoms with Gasteiger partial charge in [-0.2, -0.15) is 0 Å². The first-order chi connectivity index (χ1) is 7.56. The van der Waals surface area contributed by atoms with Crippen molar-refractivity contribution in [3.05, 3.63) is 10.0 Å². The zero-order valence-corrected chi connectivity index (χ0v) is 11.8. The van der Waals surface area contributed by atoms with E-state index in [0.29, 0.717) is 17.9 Å². The van der Waals surface area contributed by atoms with Crippen molar-refractivity contribution in [2.24, 2.45) is 5.92 Å². The molecule has 0 saturated heterocycles. The van der Waals surface area contributed by atoms with Crippen LogP contribution in [-0.4, -0.2) is 22.8 Å². The van der Waals surface area contributed by atoms with Crippen LogP contribution >= 0.6 is 11.3 Å². The quantitative estimate of drug-likeness (QED) is 0.832. The monoisotopic (exact) mass is 241 g/mol. The van der Waals surface area contributed by atoms with Gasteiger partial charge in [0.1, 0.15) is 10.0 Å². The molecule has 0 aliphatic rings. The number of rotatable bonds is 6. The van der Waals surface area contributed by atoms with Crippen LogP contribution in [0.25, 0.3) is 0 Å². The normalized spacial score (nSPS) is 15.4. The summed E-state index contributed by atoms with van der Waals surface area (Å²) in [7, 11) is 0. The molecule has 1 aromatic heterocycles. The molecule has 0 fully saturated rings. The van der Waals surface area contributed by atoms with Gasteiger partial charge < -0.3 is 5.32 Å². The Morgan fingerprint density at radius 1 is 1.25 bits per heavy atom. The number of hydrogen-bond acceptors (Lipinski definition) is 4. The third kappa shape index (κ3) is 3.52. The fraction of sp³-hybridized carbons (Fsp3) is 0.833. The maximum absolute atomic E-state index is 4.30. The Bertz CT molecular complexity index is 309. The van der Waals surface area contributed by atoms with E-state index in [0.717, 1.165) is 11.6 Å². The molecule has 0 aliphatic heterocycles. The molecule has 0 radical (unpaired) electrons. The Balaban J connectivity index is 2.74. The molecule has 2 atom stereocenters. The number of hydrogen-bond donors (Lipinski definition) is 1. The van der Waals surface area contributed by atoms with Crippen LogP contribution < -0.4 is 5.32 Å². The van der Waals surface area contributed by atoms with E-state index in [2.05, 4.69) is 43.2 Å². The largest absolute Gasteiger partial charge is 0.314 e. The summed E-state index contributed by atoms with van der Waals surface area (Å²) in [5.74, 6) is 1.06. The highest BCUT2D eigenvalue weighted by molar-refractivity contribution is 7.11. The van der Waals surface area contributed by atoms with E-state index < -0.39 is 0 Å². The molecular formula is C12H23N3S. The summed E-state index contributed by atoms with van der Waals surface area (Å²) in [5, 5.41) is 14.2. The maximum atomic E-state index is 4.30. The van der Waals surface area contributed by atoms with Gasteiger partial charge in [0.2, 0.25) is 0 Å². The number of nitrogens with one attached hydrogen (secondary N) is 1. The summed E-state index contributed by atoms with van der Waals surface area (Å²) in [6, 6.07) is 0.465. The second kappa shape index (κ2) is 6.30. The minimum Gasteiger partial charge on any atom is -0.314 e. The van der Waals surface area contributed by atoms with Crippen molar-refractivity contribution >= 4 is 11.3 Å². The van der Waals surface area contributed by atoms with Crippen molar-refractivity contribution < 1.29 is 0 Å². The first kappa shape index (κ1) is 13.6. The topological polar surface area (TPSA) is 37.8 Å². The minimum atomic E-state index is 0.465. The van der Waals surface area contributed by atoms with Crippen LogP contribution in [0.3, 0.4) is 0 Å². The maximum Gasteiger partial charge on any atom is 0.122 e. The average Bonchev–Trinajstić information content (AvgIpc) is 2.61. The predicted octanol–water partition coefficient (Wildman–Crippen LogP) is 2.97. The van der Waals surface area contributed by atoms with Gasteiger partial charge in [-0.25, -0.2) is 0 Å². The van der Waals surface area contributed by atoms with E-state index >= 15 is 0 Å². The van der Waals surface area contributed by atoms with Gasteiger partial charge in [-0.05, 0) is 32.7 Å². The summed E-state index contributed by atoms with van der Waals surface area (Å²) >= 11 is 1.72. The predicted molar refractivity (Wildman–Crippen MR) is 70.0 cm³/mol. The lowest BCUT2D eigenvalue weighted by atomic mass is 9.90. The zero-order valence-electron chi connectivity index (χ0n) is 10.9. The third-order valence-corrected chi connectivity index (χ3v) is 3.74. The number of aromatic nitrogens is 2. The van der Waals surface area contributed by atoms with E-state index in [-0.39, 0.29) is 0 Å². The van der Waals surface area contributed by atoms with Crippen molar-refractivity contribution in [3.8, 4) is 0 Å². The lowest BCUT2D eigenvalue weighted by Crippen LogP contribution is -2.35. The van der Waals surface area contributed by atoms with Crippen LogP contribution in [0, 0.1) is 12.8 Å². The number of nitrogens with zero attached hydrogens (tertiary/aromatic N) is 2. The highest BCUT2D eigenvalue weighted by atomic mass is 32.1. The molecule has 1 heterocycles. The molecule has 92 valence electrons. The molecule has 4 heteroatoms. The minimum absolute atomic E-state index is 0.465. The standard InChI is InChI=1S/C12H23N3S/c1-6-7-13-9(4)11(8(2)3)12-15-14-10(5)16-12/h8-9,11,13H,6-7H2,1-5H3. The zero-order chi connectivity index (χ0) is 12.1. The molecule has 0 bridgehead atoms. The SMILES string of the molecule is CCCNC(C)C(c1nnc(C)s1)C(C)C. The van der Waals surface area contributed by atoms with Crippen molar-refractivity contribution in [3.63, 3.8) is 0 Å². The Morgan fingerprint density at radius 3 is 2.38 bits per heavy atom. The molecule has 1 N–H and O–H groups in total. The second-order valence-electron chi connectivity index (χ2n) is 4.67. The highest BCUT2D eigenvalue weighted by Crippen LogP contribution is 2.29. The molecular weight excluding hydrogens is 218 g/mol. The van der Waals surface area contributed by atoms with Gasteiger partial charge >= 0.3 is 0 Å². The molecule has 3 nitrogen and oxygen atoms in total. The first-order valence-electron chi connectivity index (χ1n) is 6.09. The third-order valence-electron chi connectivity index (χ3n) is 2.80. The summed E-state index contributed by atoms with van der Waals surface area (Å²) in [6.45, 7) is 12.0. The summed E-state index contributed by atoms with van der Waals surface area (Å²) in [6.07, 6.45) is 1.17. The molecule has 0 saturated carbocycles. The van der Waals surface area contributed by atoms with E-state index in [1.54, 1.807) is 11.3 Å². The van der Waals surface area contributed by atoms with E-state index in [4.69, 9.17) is 0 Å². The lowest BCUT2D eigenvalue weighted by Gasteiger charge is -2.26. The van der Waals surface area contributed by atoms with Gasteiger partial charge in [0.15, 0.2) is 0 Å². The summed E-state index contributed by atoms with van der Waals surface area (Å²) in [4.78, 5) is 0. The Kier molecular flexibility index (Phi) is 5.35. The van der Waals surface area contributed by atoms with Crippen LogP contribution in [0.4, 0.5) is 0 Å².